The summed E-state index contributed by atoms with van der Waals surface area (Å²) < 4.78 is 2.14. The zero-order valence-electron chi connectivity index (χ0n) is 14.7. The Morgan fingerprint density at radius 2 is 2.04 bits per heavy atom. The molecule has 0 radical (unpaired) electrons. The summed E-state index contributed by atoms with van der Waals surface area (Å²) in [6.07, 6.45) is 0. The van der Waals surface area contributed by atoms with Gasteiger partial charge in [0.05, 0.1) is 22.0 Å². The SMILES string of the molecule is C[C@@H](NC(=O)c1cccs1)c1nc2ccccc2n1Cc1cccc(Cl)c1. The summed E-state index contributed by atoms with van der Waals surface area (Å²) in [6, 6.07) is 19.3. The standard InChI is InChI=1S/C21H18ClN3OS/c1-14(23-21(26)19-10-5-11-27-19)20-24-17-8-2-3-9-18(17)25(20)13-15-6-4-7-16(22)12-15/h2-12,14H,13H2,1H3,(H,23,26)/t14-/m1/s1. The van der Waals surface area contributed by atoms with E-state index in [-0.39, 0.29) is 11.9 Å². The van der Waals surface area contributed by atoms with Crippen molar-refractivity contribution in [3.63, 3.8) is 0 Å². The van der Waals surface area contributed by atoms with E-state index < -0.39 is 0 Å². The second kappa shape index (κ2) is 7.55. The van der Waals surface area contributed by atoms with Crippen LogP contribution in [0.25, 0.3) is 11.0 Å². The van der Waals surface area contributed by atoms with Crippen molar-refractivity contribution < 1.29 is 4.79 Å². The highest BCUT2D eigenvalue weighted by Gasteiger charge is 2.19. The van der Waals surface area contributed by atoms with Crippen LogP contribution in [0.15, 0.2) is 66.0 Å². The summed E-state index contributed by atoms with van der Waals surface area (Å²) in [7, 11) is 0. The molecular formula is C21H18ClN3OS. The molecular weight excluding hydrogens is 378 g/mol. The van der Waals surface area contributed by atoms with Crippen molar-refractivity contribution >= 4 is 39.9 Å². The third-order valence-corrected chi connectivity index (χ3v) is 5.50. The number of imidazole rings is 1. The van der Waals surface area contributed by atoms with E-state index in [0.29, 0.717) is 16.4 Å². The Labute approximate surface area is 166 Å². The van der Waals surface area contributed by atoms with Gasteiger partial charge in [-0.15, -0.1) is 11.3 Å². The number of thiophene rings is 1. The van der Waals surface area contributed by atoms with Crippen LogP contribution in [0.4, 0.5) is 0 Å². The van der Waals surface area contributed by atoms with Crippen LogP contribution in [0, 0.1) is 0 Å². The number of rotatable bonds is 5. The molecule has 27 heavy (non-hydrogen) atoms. The number of nitrogens with zero attached hydrogens (tertiary/aromatic N) is 2. The van der Waals surface area contributed by atoms with Gasteiger partial charge in [0, 0.05) is 11.6 Å². The summed E-state index contributed by atoms with van der Waals surface area (Å²) >= 11 is 7.58. The predicted molar refractivity (Wildman–Crippen MR) is 110 cm³/mol. The maximum Gasteiger partial charge on any atom is 0.261 e. The molecule has 0 saturated heterocycles. The van der Waals surface area contributed by atoms with Crippen molar-refractivity contribution in [2.75, 3.05) is 0 Å². The maximum atomic E-state index is 12.5. The Balaban J connectivity index is 1.70. The normalized spacial score (nSPS) is 12.2. The van der Waals surface area contributed by atoms with Gasteiger partial charge in [-0.05, 0) is 48.2 Å². The Morgan fingerprint density at radius 1 is 1.19 bits per heavy atom. The third-order valence-electron chi connectivity index (χ3n) is 4.39. The van der Waals surface area contributed by atoms with Crippen LogP contribution < -0.4 is 5.32 Å². The summed E-state index contributed by atoms with van der Waals surface area (Å²) in [5.74, 6) is 0.736. The average Bonchev–Trinajstić information content (AvgIpc) is 3.30. The minimum Gasteiger partial charge on any atom is -0.342 e. The molecule has 0 aliphatic carbocycles. The molecule has 136 valence electrons. The molecule has 1 amide bonds. The molecule has 2 aromatic heterocycles. The number of hydrogen-bond acceptors (Lipinski definition) is 3. The fourth-order valence-corrected chi connectivity index (χ4v) is 3.99. The Bertz CT molecular complexity index is 1090. The molecule has 1 atom stereocenters. The highest BCUT2D eigenvalue weighted by molar-refractivity contribution is 7.12. The number of benzene rings is 2. The number of para-hydroxylation sites is 2. The Kier molecular flexibility index (Phi) is 4.97. The van der Waals surface area contributed by atoms with Crippen LogP contribution in [-0.2, 0) is 6.54 Å². The van der Waals surface area contributed by atoms with Gasteiger partial charge in [-0.2, -0.15) is 0 Å². The lowest BCUT2D eigenvalue weighted by Crippen LogP contribution is -2.28. The van der Waals surface area contributed by atoms with E-state index in [1.54, 1.807) is 0 Å². The molecule has 0 saturated carbocycles. The predicted octanol–water partition coefficient (Wildman–Crippen LogP) is 5.29. The Morgan fingerprint density at radius 3 is 2.81 bits per heavy atom. The summed E-state index contributed by atoms with van der Waals surface area (Å²) in [4.78, 5) is 17.9. The van der Waals surface area contributed by atoms with Gasteiger partial charge in [-0.25, -0.2) is 4.98 Å². The summed E-state index contributed by atoms with van der Waals surface area (Å²) in [5.41, 5.74) is 3.03. The van der Waals surface area contributed by atoms with E-state index in [2.05, 4.69) is 9.88 Å². The van der Waals surface area contributed by atoms with Crippen LogP contribution >= 0.6 is 22.9 Å². The number of aromatic nitrogens is 2. The first-order chi connectivity index (χ1) is 13.1. The topological polar surface area (TPSA) is 46.9 Å². The van der Waals surface area contributed by atoms with E-state index in [0.717, 1.165) is 22.4 Å². The number of halogens is 1. The zero-order chi connectivity index (χ0) is 18.8. The molecule has 4 nitrogen and oxygen atoms in total. The Hall–Kier alpha value is -2.63. The largest absolute Gasteiger partial charge is 0.342 e. The van der Waals surface area contributed by atoms with Crippen molar-refractivity contribution in [3.8, 4) is 0 Å². The lowest BCUT2D eigenvalue weighted by Gasteiger charge is -2.16. The molecule has 0 aliphatic heterocycles. The van der Waals surface area contributed by atoms with Gasteiger partial charge in [0.1, 0.15) is 5.82 Å². The van der Waals surface area contributed by atoms with Gasteiger partial charge in [-0.1, -0.05) is 41.9 Å². The third kappa shape index (κ3) is 3.75. The van der Waals surface area contributed by atoms with Gasteiger partial charge >= 0.3 is 0 Å². The first kappa shape index (κ1) is 17.8. The van der Waals surface area contributed by atoms with Gasteiger partial charge in [0.15, 0.2) is 0 Å². The summed E-state index contributed by atoms with van der Waals surface area (Å²) in [5, 5.41) is 5.66. The smallest absolute Gasteiger partial charge is 0.261 e. The van der Waals surface area contributed by atoms with Crippen LogP contribution in [0.2, 0.25) is 5.02 Å². The first-order valence-electron chi connectivity index (χ1n) is 8.66. The molecule has 6 heteroatoms. The second-order valence-corrected chi connectivity index (χ2v) is 7.73. The van der Waals surface area contributed by atoms with Gasteiger partial charge < -0.3 is 9.88 Å². The highest BCUT2D eigenvalue weighted by atomic mass is 35.5. The molecule has 0 unspecified atom stereocenters. The number of amides is 1. The van der Waals surface area contributed by atoms with Crippen molar-refractivity contribution in [1.29, 1.82) is 0 Å². The molecule has 0 spiro atoms. The lowest BCUT2D eigenvalue weighted by molar-refractivity contribution is 0.0942. The monoisotopic (exact) mass is 395 g/mol. The number of hydrogen-bond donors (Lipinski definition) is 1. The van der Waals surface area contributed by atoms with Crippen molar-refractivity contribution in [2.45, 2.75) is 19.5 Å². The van der Waals surface area contributed by atoms with E-state index in [1.165, 1.54) is 11.3 Å². The molecule has 1 N–H and O–H groups in total. The van der Waals surface area contributed by atoms with Gasteiger partial charge in [-0.3, -0.25) is 4.79 Å². The van der Waals surface area contributed by atoms with E-state index in [9.17, 15) is 4.79 Å². The molecule has 4 rings (SSSR count). The van der Waals surface area contributed by atoms with Crippen molar-refractivity contribution in [1.82, 2.24) is 14.9 Å². The second-order valence-electron chi connectivity index (χ2n) is 6.35. The van der Waals surface area contributed by atoms with Gasteiger partial charge in [0.2, 0.25) is 0 Å². The molecule has 0 fully saturated rings. The lowest BCUT2D eigenvalue weighted by atomic mass is 10.2. The molecule has 4 aromatic rings. The van der Waals surface area contributed by atoms with E-state index in [1.807, 2.05) is 73.0 Å². The number of fused-ring (bicyclic) bond motifs is 1. The zero-order valence-corrected chi connectivity index (χ0v) is 16.3. The fraction of sp³-hybridized carbons (Fsp3) is 0.143. The van der Waals surface area contributed by atoms with Crippen LogP contribution in [0.5, 0.6) is 0 Å². The van der Waals surface area contributed by atoms with Crippen molar-refractivity contribution in [2.24, 2.45) is 0 Å². The number of carbonyl (C=O) groups excluding carboxylic acids is 1. The average molecular weight is 396 g/mol. The van der Waals surface area contributed by atoms with Crippen LogP contribution in [-0.4, -0.2) is 15.5 Å². The number of carbonyl (C=O) groups is 1. The minimum atomic E-state index is -0.230. The highest BCUT2D eigenvalue weighted by Crippen LogP contribution is 2.23. The van der Waals surface area contributed by atoms with Crippen LogP contribution in [0.3, 0.4) is 0 Å². The quantitative estimate of drug-likeness (QED) is 0.499. The first-order valence-corrected chi connectivity index (χ1v) is 9.91. The molecule has 0 aliphatic rings. The van der Waals surface area contributed by atoms with Crippen molar-refractivity contribution in [3.05, 3.63) is 87.3 Å². The van der Waals surface area contributed by atoms with E-state index >= 15 is 0 Å². The fourth-order valence-electron chi connectivity index (χ4n) is 3.15. The molecule has 2 heterocycles. The minimum absolute atomic E-state index is 0.0844. The molecule has 0 bridgehead atoms. The van der Waals surface area contributed by atoms with E-state index in [4.69, 9.17) is 16.6 Å². The number of nitrogens with one attached hydrogen (secondary N) is 1. The maximum absolute atomic E-state index is 12.5. The molecule has 2 aromatic carbocycles. The summed E-state index contributed by atoms with van der Waals surface area (Å²) in [6.45, 7) is 2.59. The van der Waals surface area contributed by atoms with Crippen LogP contribution in [0.1, 0.15) is 34.0 Å². The van der Waals surface area contributed by atoms with Gasteiger partial charge in [0.25, 0.3) is 5.91 Å².